The van der Waals surface area contributed by atoms with Crippen LogP contribution in [0.15, 0.2) is 66.7 Å². The Hall–Kier alpha value is -3.37. The number of β-lactam (4-membered cyclic amide) rings is 1. The first-order valence-corrected chi connectivity index (χ1v) is 8.31. The first-order chi connectivity index (χ1) is 12.7. The van der Waals surface area contributed by atoms with Gasteiger partial charge in [0, 0.05) is 18.0 Å². The van der Waals surface area contributed by atoms with Gasteiger partial charge in [0.1, 0.15) is 6.61 Å². The van der Waals surface area contributed by atoms with Crippen molar-refractivity contribution in [2.45, 2.75) is 18.5 Å². The highest BCUT2D eigenvalue weighted by Crippen LogP contribution is 2.16. The van der Waals surface area contributed by atoms with E-state index >= 15 is 0 Å². The summed E-state index contributed by atoms with van der Waals surface area (Å²) in [4.78, 5) is 25.2. The van der Waals surface area contributed by atoms with E-state index in [2.05, 4.69) is 21.3 Å². The highest BCUT2D eigenvalue weighted by Gasteiger charge is 2.23. The SMILES string of the molecule is O=C1CC(C=C=Cc2cccnc2)N1.O=C1N[C@@H](c2ccccc2)CO1. The molecular weight excluding hydrogens is 330 g/mol. The van der Waals surface area contributed by atoms with Crippen LogP contribution in [0.2, 0.25) is 0 Å². The molecule has 1 aromatic heterocycles. The monoisotopic (exact) mass is 349 g/mol. The Bertz CT molecular complexity index is 807. The quantitative estimate of drug-likeness (QED) is 0.659. The number of amides is 2. The van der Waals surface area contributed by atoms with Crippen LogP contribution >= 0.6 is 0 Å². The molecule has 2 amide bonds. The van der Waals surface area contributed by atoms with Crippen molar-refractivity contribution in [3.63, 3.8) is 0 Å². The van der Waals surface area contributed by atoms with Crippen molar-refractivity contribution in [3.8, 4) is 0 Å². The molecule has 132 valence electrons. The summed E-state index contributed by atoms with van der Waals surface area (Å²) in [5.41, 5.74) is 5.11. The van der Waals surface area contributed by atoms with Crippen LogP contribution in [0.1, 0.15) is 23.6 Å². The highest BCUT2D eigenvalue weighted by atomic mass is 16.6. The molecule has 0 bridgehead atoms. The average molecular weight is 349 g/mol. The molecule has 1 aromatic carbocycles. The number of carbonyl (C=O) groups is 2. The number of carbonyl (C=O) groups excluding carboxylic acids is 2. The maximum absolute atomic E-state index is 10.7. The maximum atomic E-state index is 10.7. The van der Waals surface area contributed by atoms with E-state index in [1.807, 2.05) is 54.6 Å². The molecule has 0 radical (unpaired) electrons. The Morgan fingerprint density at radius 3 is 2.54 bits per heavy atom. The van der Waals surface area contributed by atoms with Crippen LogP contribution in [0.25, 0.3) is 6.08 Å². The third kappa shape index (κ3) is 5.06. The zero-order valence-corrected chi connectivity index (χ0v) is 14.1. The lowest BCUT2D eigenvalue weighted by Crippen LogP contribution is -2.46. The Labute approximate surface area is 151 Å². The van der Waals surface area contributed by atoms with E-state index in [1.165, 1.54) is 0 Å². The van der Waals surface area contributed by atoms with Crippen LogP contribution in [0.5, 0.6) is 0 Å². The number of alkyl carbamates (subject to hydrolysis) is 1. The van der Waals surface area contributed by atoms with E-state index in [0.29, 0.717) is 13.0 Å². The Balaban J connectivity index is 0.000000152. The summed E-state index contributed by atoms with van der Waals surface area (Å²) >= 11 is 0. The van der Waals surface area contributed by atoms with Crippen molar-refractivity contribution in [1.29, 1.82) is 0 Å². The summed E-state index contributed by atoms with van der Waals surface area (Å²) in [5.74, 6) is 0.106. The summed E-state index contributed by atoms with van der Waals surface area (Å²) in [6.07, 6.45) is 7.44. The van der Waals surface area contributed by atoms with Gasteiger partial charge in [-0.05, 0) is 23.8 Å². The molecular formula is C20H19N3O3. The van der Waals surface area contributed by atoms with Gasteiger partial charge in [-0.2, -0.15) is 0 Å². The predicted molar refractivity (Wildman–Crippen MR) is 97.0 cm³/mol. The van der Waals surface area contributed by atoms with E-state index in [9.17, 15) is 9.59 Å². The van der Waals surface area contributed by atoms with Crippen LogP contribution in [-0.2, 0) is 9.53 Å². The van der Waals surface area contributed by atoms with Crippen molar-refractivity contribution in [3.05, 3.63) is 77.8 Å². The number of rotatable bonds is 3. The highest BCUT2D eigenvalue weighted by molar-refractivity contribution is 5.83. The van der Waals surface area contributed by atoms with Gasteiger partial charge in [0.05, 0.1) is 18.5 Å². The second-order valence-corrected chi connectivity index (χ2v) is 5.85. The summed E-state index contributed by atoms with van der Waals surface area (Å²) in [5, 5.41) is 5.45. The Morgan fingerprint density at radius 1 is 1.12 bits per heavy atom. The zero-order valence-electron chi connectivity index (χ0n) is 14.1. The molecule has 2 fully saturated rings. The molecule has 6 nitrogen and oxygen atoms in total. The number of aromatic nitrogens is 1. The molecule has 2 aliphatic rings. The molecule has 1 unspecified atom stereocenters. The second-order valence-electron chi connectivity index (χ2n) is 5.85. The Kier molecular flexibility index (Phi) is 5.80. The van der Waals surface area contributed by atoms with Gasteiger partial charge in [-0.15, -0.1) is 5.73 Å². The van der Waals surface area contributed by atoms with Gasteiger partial charge in [-0.25, -0.2) is 4.79 Å². The molecule has 4 rings (SSSR count). The topological polar surface area (TPSA) is 80.3 Å². The summed E-state index contributed by atoms with van der Waals surface area (Å²) < 4.78 is 4.77. The minimum atomic E-state index is -0.330. The molecule has 0 aliphatic carbocycles. The molecule has 2 N–H and O–H groups in total. The second kappa shape index (κ2) is 8.65. The fourth-order valence-corrected chi connectivity index (χ4v) is 2.46. The van der Waals surface area contributed by atoms with Gasteiger partial charge in [0.2, 0.25) is 5.91 Å². The first kappa shape index (κ1) is 17.5. The lowest BCUT2D eigenvalue weighted by atomic mass is 10.1. The number of nitrogens with zero attached hydrogens (tertiary/aromatic N) is 1. The lowest BCUT2D eigenvalue weighted by Gasteiger charge is -2.22. The van der Waals surface area contributed by atoms with Gasteiger partial charge in [0.15, 0.2) is 0 Å². The Morgan fingerprint density at radius 2 is 1.92 bits per heavy atom. The molecule has 3 heterocycles. The molecule has 2 aliphatic heterocycles. The number of nitrogens with one attached hydrogen (secondary N) is 2. The van der Waals surface area contributed by atoms with E-state index < -0.39 is 0 Å². The number of hydrogen-bond acceptors (Lipinski definition) is 4. The summed E-state index contributed by atoms with van der Waals surface area (Å²) in [6.45, 7) is 0.433. The normalized spacial score (nSPS) is 20.2. The van der Waals surface area contributed by atoms with E-state index in [-0.39, 0.29) is 24.1 Å². The number of ether oxygens (including phenoxy) is 1. The van der Waals surface area contributed by atoms with Crippen LogP contribution in [-0.4, -0.2) is 29.6 Å². The third-order valence-electron chi connectivity index (χ3n) is 3.86. The van der Waals surface area contributed by atoms with Crippen LogP contribution in [0.3, 0.4) is 0 Å². The molecule has 6 heteroatoms. The third-order valence-corrected chi connectivity index (χ3v) is 3.86. The summed E-state index contributed by atoms with van der Waals surface area (Å²) in [6, 6.07) is 13.8. The predicted octanol–water partition coefficient (Wildman–Crippen LogP) is 2.61. The van der Waals surface area contributed by atoms with Gasteiger partial charge in [0.25, 0.3) is 0 Å². The number of benzene rings is 1. The van der Waals surface area contributed by atoms with Crippen LogP contribution in [0, 0.1) is 0 Å². The number of cyclic esters (lactones) is 1. The van der Waals surface area contributed by atoms with Crippen molar-refractivity contribution < 1.29 is 14.3 Å². The molecule has 2 atom stereocenters. The van der Waals surface area contributed by atoms with Gasteiger partial charge in [-0.3, -0.25) is 9.78 Å². The van der Waals surface area contributed by atoms with Crippen molar-refractivity contribution in [2.75, 3.05) is 6.61 Å². The van der Waals surface area contributed by atoms with Gasteiger partial charge >= 0.3 is 6.09 Å². The molecule has 0 saturated carbocycles. The van der Waals surface area contributed by atoms with Gasteiger partial charge < -0.3 is 15.4 Å². The largest absolute Gasteiger partial charge is 0.447 e. The lowest BCUT2D eigenvalue weighted by molar-refractivity contribution is -0.127. The van der Waals surface area contributed by atoms with E-state index in [0.717, 1.165) is 11.1 Å². The van der Waals surface area contributed by atoms with Crippen molar-refractivity contribution >= 4 is 18.1 Å². The summed E-state index contributed by atoms with van der Waals surface area (Å²) in [7, 11) is 0. The number of pyridine rings is 1. The van der Waals surface area contributed by atoms with E-state index in [4.69, 9.17) is 4.74 Å². The van der Waals surface area contributed by atoms with E-state index in [1.54, 1.807) is 12.4 Å². The van der Waals surface area contributed by atoms with Crippen LogP contribution < -0.4 is 10.6 Å². The first-order valence-electron chi connectivity index (χ1n) is 8.31. The minimum Gasteiger partial charge on any atom is -0.447 e. The molecule has 0 spiro atoms. The average Bonchev–Trinajstić information content (AvgIpc) is 3.09. The zero-order chi connectivity index (χ0) is 18.2. The van der Waals surface area contributed by atoms with Gasteiger partial charge in [-0.1, -0.05) is 36.4 Å². The fraction of sp³-hybridized carbons (Fsp3) is 0.200. The number of hydrogen-bond donors (Lipinski definition) is 2. The standard InChI is InChI=1S/C11H10N2O.C9H9NO2/c14-11-7-10(13-11)5-1-3-9-4-2-6-12-8-9;11-9-10-8(6-12-9)7-4-2-1-3-5-7/h2-6,8,10H,7H2,(H,13,14);1-5,8H,6H2,(H,10,11)/t;8-/m.1/s1. The smallest absolute Gasteiger partial charge is 0.407 e. The minimum absolute atomic E-state index is 0.0266. The van der Waals surface area contributed by atoms with Crippen LogP contribution in [0.4, 0.5) is 4.79 Å². The fourth-order valence-electron chi connectivity index (χ4n) is 2.46. The molecule has 2 saturated heterocycles. The maximum Gasteiger partial charge on any atom is 0.407 e. The molecule has 2 aromatic rings. The molecule has 26 heavy (non-hydrogen) atoms. The van der Waals surface area contributed by atoms with Crippen molar-refractivity contribution in [2.24, 2.45) is 0 Å². The van der Waals surface area contributed by atoms with Crippen molar-refractivity contribution in [1.82, 2.24) is 15.6 Å².